The van der Waals surface area contributed by atoms with Gasteiger partial charge in [0.25, 0.3) is 5.91 Å². The lowest BCUT2D eigenvalue weighted by Gasteiger charge is -2.44. The van der Waals surface area contributed by atoms with E-state index in [4.69, 9.17) is 16.3 Å². The molecule has 2 aliphatic rings. The van der Waals surface area contributed by atoms with Gasteiger partial charge in [-0.25, -0.2) is 0 Å². The van der Waals surface area contributed by atoms with Crippen LogP contribution in [0.5, 0.6) is 5.75 Å². The maximum Gasteiger partial charge on any atom is 0.251 e. The smallest absolute Gasteiger partial charge is 0.251 e. The number of amides is 2. The first-order valence-corrected chi connectivity index (χ1v) is 15.6. The number of rotatable bonds is 10. The van der Waals surface area contributed by atoms with Gasteiger partial charge in [-0.2, -0.15) is 0 Å². The van der Waals surface area contributed by atoms with Gasteiger partial charge >= 0.3 is 0 Å². The molecule has 0 aromatic heterocycles. The second kappa shape index (κ2) is 13.8. The van der Waals surface area contributed by atoms with Crippen LogP contribution in [0.4, 0.5) is 0 Å². The van der Waals surface area contributed by atoms with E-state index in [-0.39, 0.29) is 23.9 Å². The van der Waals surface area contributed by atoms with Crippen molar-refractivity contribution >= 4 is 29.0 Å². The van der Waals surface area contributed by atoms with Gasteiger partial charge in [0.1, 0.15) is 5.75 Å². The molecule has 2 bridgehead atoms. The van der Waals surface area contributed by atoms with E-state index < -0.39 is 0 Å². The Hall–Kier alpha value is -3.61. The van der Waals surface area contributed by atoms with Gasteiger partial charge in [-0.1, -0.05) is 66.2 Å². The van der Waals surface area contributed by atoms with Crippen LogP contribution in [-0.2, 0) is 22.4 Å². The molecular formula is C36H42ClN3O3. The highest BCUT2D eigenvalue weighted by molar-refractivity contribution is 6.32. The minimum Gasteiger partial charge on any atom is -0.492 e. The lowest BCUT2D eigenvalue weighted by atomic mass is 9.82. The maximum absolute atomic E-state index is 14.0. The fourth-order valence-corrected chi connectivity index (χ4v) is 6.34. The number of fused-ring (bicyclic) bond motifs is 2. The molecule has 5 rings (SSSR count). The van der Waals surface area contributed by atoms with Gasteiger partial charge in [-0.15, -0.1) is 0 Å². The summed E-state index contributed by atoms with van der Waals surface area (Å²) in [6, 6.07) is 22.7. The molecule has 43 heavy (non-hydrogen) atoms. The predicted molar refractivity (Wildman–Crippen MR) is 173 cm³/mol. The summed E-state index contributed by atoms with van der Waals surface area (Å²) in [5.41, 5.74) is 7.71. The van der Waals surface area contributed by atoms with Crippen LogP contribution in [-0.4, -0.2) is 67.0 Å². The zero-order chi connectivity index (χ0) is 30.5. The molecule has 2 heterocycles. The number of nitrogens with zero attached hydrogens (tertiary/aromatic N) is 2. The molecule has 0 radical (unpaired) electrons. The van der Waals surface area contributed by atoms with E-state index in [9.17, 15) is 9.59 Å². The van der Waals surface area contributed by atoms with Gasteiger partial charge in [-0.05, 0) is 85.1 Å². The second-order valence-corrected chi connectivity index (χ2v) is 12.3. The zero-order valence-corrected chi connectivity index (χ0v) is 26.4. The Morgan fingerprint density at radius 2 is 1.67 bits per heavy atom. The van der Waals surface area contributed by atoms with Crippen LogP contribution in [0.2, 0.25) is 5.02 Å². The Kier molecular flexibility index (Phi) is 9.89. The van der Waals surface area contributed by atoms with Crippen molar-refractivity contribution in [1.29, 1.82) is 0 Å². The number of carbonyl (C=O) groups excluding carboxylic acids is 2. The van der Waals surface area contributed by atoms with Crippen LogP contribution in [0.3, 0.4) is 0 Å². The monoisotopic (exact) mass is 599 g/mol. The summed E-state index contributed by atoms with van der Waals surface area (Å²) < 4.78 is 5.98. The normalized spacial score (nSPS) is 18.0. The zero-order valence-electron chi connectivity index (χ0n) is 25.7. The first-order chi connectivity index (χ1) is 20.7. The number of hydrogen-bond donors (Lipinski definition) is 1. The molecule has 2 amide bonds. The molecule has 6 nitrogen and oxygen atoms in total. The van der Waals surface area contributed by atoms with E-state index in [2.05, 4.69) is 48.6 Å². The number of carbonyl (C=O) groups is 2. The maximum atomic E-state index is 14.0. The van der Waals surface area contributed by atoms with Crippen LogP contribution in [0.25, 0.3) is 5.57 Å². The highest BCUT2D eigenvalue weighted by atomic mass is 35.5. The minimum absolute atomic E-state index is 0.0264. The summed E-state index contributed by atoms with van der Waals surface area (Å²) in [7, 11) is 1.88. The molecule has 0 spiro atoms. The molecular weight excluding hydrogens is 558 g/mol. The van der Waals surface area contributed by atoms with E-state index in [1.807, 2.05) is 54.1 Å². The summed E-state index contributed by atoms with van der Waals surface area (Å²) in [5.74, 6) is 0.814. The Morgan fingerprint density at radius 3 is 2.40 bits per heavy atom. The van der Waals surface area contributed by atoms with Crippen molar-refractivity contribution in [2.45, 2.75) is 58.5 Å². The molecule has 7 heteroatoms. The molecule has 1 fully saturated rings. The summed E-state index contributed by atoms with van der Waals surface area (Å²) in [6.07, 6.45) is 3.25. The summed E-state index contributed by atoms with van der Waals surface area (Å²) in [6.45, 7) is 8.09. The lowest BCUT2D eigenvalue weighted by Crippen LogP contribution is -2.61. The number of nitrogens with one attached hydrogen (secondary N) is 1. The average Bonchev–Trinajstić information content (AvgIpc) is 3.00. The van der Waals surface area contributed by atoms with Gasteiger partial charge < -0.3 is 19.9 Å². The van der Waals surface area contributed by atoms with Crippen molar-refractivity contribution in [3.63, 3.8) is 0 Å². The van der Waals surface area contributed by atoms with Crippen LogP contribution in [0.15, 0.2) is 72.3 Å². The third-order valence-corrected chi connectivity index (χ3v) is 9.02. The molecule has 3 aromatic rings. The number of halogens is 1. The number of hydrogen-bond acceptors (Lipinski definition) is 4. The van der Waals surface area contributed by atoms with Crippen molar-refractivity contribution in [3.8, 4) is 5.75 Å². The van der Waals surface area contributed by atoms with Crippen molar-refractivity contribution in [3.05, 3.63) is 105 Å². The fraction of sp³-hybridized carbons (Fsp3) is 0.389. The van der Waals surface area contributed by atoms with Gasteiger partial charge in [0.05, 0.1) is 17.7 Å². The molecule has 226 valence electrons. The van der Waals surface area contributed by atoms with Crippen LogP contribution < -0.4 is 10.1 Å². The molecule has 0 aliphatic carbocycles. The molecule has 3 aromatic carbocycles. The van der Waals surface area contributed by atoms with E-state index in [0.717, 1.165) is 47.3 Å². The lowest BCUT2D eigenvalue weighted by molar-refractivity contribution is -0.132. The number of likely N-dealkylation sites (N-methyl/N-ethyl adjacent to an activating group) is 1. The van der Waals surface area contributed by atoms with Crippen molar-refractivity contribution < 1.29 is 14.3 Å². The largest absolute Gasteiger partial charge is 0.492 e. The molecule has 1 saturated heterocycles. The van der Waals surface area contributed by atoms with Gasteiger partial charge in [0, 0.05) is 45.2 Å². The van der Waals surface area contributed by atoms with E-state index in [1.54, 1.807) is 6.92 Å². The Balaban J connectivity index is 1.30. The van der Waals surface area contributed by atoms with Crippen LogP contribution in [0.1, 0.15) is 47.6 Å². The first-order valence-electron chi connectivity index (χ1n) is 15.2. The second-order valence-electron chi connectivity index (χ2n) is 11.9. The number of piperazine rings is 1. The Labute approximate surface area is 260 Å². The third kappa shape index (κ3) is 7.49. The Morgan fingerprint density at radius 1 is 0.977 bits per heavy atom. The van der Waals surface area contributed by atoms with Gasteiger partial charge in [0.2, 0.25) is 5.91 Å². The Bertz CT molecular complexity index is 1490. The minimum atomic E-state index is -0.188. The molecule has 1 N–H and O–H groups in total. The van der Waals surface area contributed by atoms with Gasteiger partial charge in [0.15, 0.2) is 0 Å². The van der Waals surface area contributed by atoms with Crippen LogP contribution in [0, 0.1) is 13.8 Å². The molecule has 1 unspecified atom stereocenters. The topological polar surface area (TPSA) is 61.9 Å². The van der Waals surface area contributed by atoms with Crippen molar-refractivity contribution in [2.75, 3.05) is 33.3 Å². The average molecular weight is 600 g/mol. The highest BCUT2D eigenvalue weighted by Crippen LogP contribution is 2.34. The molecule has 2 aliphatic heterocycles. The fourth-order valence-electron chi connectivity index (χ4n) is 6.07. The summed E-state index contributed by atoms with van der Waals surface area (Å²) >= 11 is 6.37. The van der Waals surface area contributed by atoms with Gasteiger partial charge in [-0.3, -0.25) is 9.59 Å². The van der Waals surface area contributed by atoms with Crippen molar-refractivity contribution in [2.24, 2.45) is 0 Å². The summed E-state index contributed by atoms with van der Waals surface area (Å²) in [5, 5.41) is 4.29. The predicted octanol–water partition coefficient (Wildman–Crippen LogP) is 6.02. The van der Waals surface area contributed by atoms with E-state index in [0.29, 0.717) is 37.7 Å². The summed E-state index contributed by atoms with van der Waals surface area (Å²) in [4.78, 5) is 30.0. The third-order valence-electron chi connectivity index (χ3n) is 8.72. The van der Waals surface area contributed by atoms with E-state index in [1.165, 1.54) is 16.7 Å². The number of benzene rings is 3. The number of ether oxygens (including phenoxy) is 1. The molecule has 0 saturated carbocycles. The standard InChI is InChI=1S/C36H42ClN3O3/c1-24-19-32(37)34(20-25(24)2)43-18-8-11-28-12-14-29(15-13-28)31-21-30-22-40(26(3)41)23-33(38-30)35(31)36(42)39(4)17-16-27-9-6-5-7-10-27/h5-7,9-10,12-15,19-20,30,33,38H,8,11,16-18,21-23H2,1-4H3/t30?,33-/m1/s1. The molecule has 2 atom stereocenters. The highest BCUT2D eigenvalue weighted by Gasteiger charge is 2.39. The van der Waals surface area contributed by atoms with Crippen LogP contribution >= 0.6 is 11.6 Å². The SMILES string of the molecule is CC(=O)N1CC2CC(c3ccc(CCCOc4cc(C)c(C)cc4Cl)cc3)=C(C(=O)N(C)CCc3ccccc3)[C@@H](C1)N2. The first kappa shape index (κ1) is 30.8. The van der Waals surface area contributed by atoms with Crippen molar-refractivity contribution in [1.82, 2.24) is 15.1 Å². The number of aryl methyl sites for hydroxylation is 3. The quantitative estimate of drug-likeness (QED) is 0.290. The van der Waals surface area contributed by atoms with E-state index >= 15 is 0 Å².